The first-order chi connectivity index (χ1) is 8.92. The van der Waals surface area contributed by atoms with Gasteiger partial charge in [0, 0.05) is 6.04 Å². The van der Waals surface area contributed by atoms with Gasteiger partial charge in [-0.2, -0.15) is 0 Å². The van der Waals surface area contributed by atoms with Gasteiger partial charge in [0.15, 0.2) is 0 Å². The van der Waals surface area contributed by atoms with Crippen LogP contribution in [-0.4, -0.2) is 43.5 Å². The minimum atomic E-state index is -0.528. The van der Waals surface area contributed by atoms with Crippen LogP contribution in [0.3, 0.4) is 0 Å². The molecule has 0 radical (unpaired) electrons. The lowest BCUT2D eigenvalue weighted by Gasteiger charge is -2.20. The zero-order chi connectivity index (χ0) is 14.8. The number of hydrogen-bond donors (Lipinski definition) is 4. The fraction of sp³-hybridized carbons (Fsp3) is 0.846. The number of nitrogens with two attached hydrogens (primary N) is 1. The molecule has 0 aromatic carbocycles. The van der Waals surface area contributed by atoms with Gasteiger partial charge in [-0.05, 0) is 47.2 Å². The summed E-state index contributed by atoms with van der Waals surface area (Å²) in [7, 11) is 1.74. The van der Waals surface area contributed by atoms with Crippen LogP contribution in [0.5, 0.6) is 0 Å². The topological polar surface area (TPSA) is 96.2 Å². The summed E-state index contributed by atoms with van der Waals surface area (Å²) < 4.78 is 0. The molecule has 0 aliphatic heterocycles. The summed E-state index contributed by atoms with van der Waals surface area (Å²) in [4.78, 5) is 23.7. The third-order valence-corrected chi connectivity index (χ3v) is 2.79. The van der Waals surface area contributed by atoms with Crippen molar-refractivity contribution < 1.29 is 9.59 Å². The van der Waals surface area contributed by atoms with E-state index in [0.717, 1.165) is 19.3 Å². The first-order valence-corrected chi connectivity index (χ1v) is 6.90. The molecule has 112 valence electrons. The highest BCUT2D eigenvalue weighted by Crippen LogP contribution is 2.00. The summed E-state index contributed by atoms with van der Waals surface area (Å²) in [6.07, 6.45) is 2.51. The Labute approximate surface area is 115 Å². The second kappa shape index (κ2) is 9.75. The van der Waals surface area contributed by atoms with E-state index in [-0.39, 0.29) is 23.9 Å². The Kier molecular flexibility index (Phi) is 9.16. The van der Waals surface area contributed by atoms with Crippen molar-refractivity contribution >= 4 is 11.8 Å². The molecule has 0 saturated heterocycles. The average molecular weight is 272 g/mol. The maximum atomic E-state index is 12.0. The minimum absolute atomic E-state index is 0.0662. The molecule has 0 aromatic rings. The molecule has 2 unspecified atom stereocenters. The van der Waals surface area contributed by atoms with Crippen LogP contribution in [0.25, 0.3) is 0 Å². The molecule has 0 bridgehead atoms. The Morgan fingerprint density at radius 3 is 2.16 bits per heavy atom. The number of nitrogens with one attached hydrogen (secondary N) is 3. The van der Waals surface area contributed by atoms with E-state index in [9.17, 15) is 9.59 Å². The van der Waals surface area contributed by atoms with Crippen LogP contribution >= 0.6 is 0 Å². The van der Waals surface area contributed by atoms with Crippen molar-refractivity contribution in [1.82, 2.24) is 16.0 Å². The molecule has 2 atom stereocenters. The number of carbonyl (C=O) groups excluding carboxylic acids is 2. The van der Waals surface area contributed by atoms with Crippen LogP contribution in [0, 0.1) is 0 Å². The van der Waals surface area contributed by atoms with E-state index in [1.165, 1.54) is 0 Å². The molecule has 0 spiro atoms. The lowest BCUT2D eigenvalue weighted by atomic mass is 10.1. The normalized spacial score (nSPS) is 14.0. The fourth-order valence-electron chi connectivity index (χ4n) is 1.69. The van der Waals surface area contributed by atoms with E-state index in [2.05, 4.69) is 16.0 Å². The first-order valence-electron chi connectivity index (χ1n) is 6.90. The van der Waals surface area contributed by atoms with Gasteiger partial charge < -0.3 is 21.7 Å². The average Bonchev–Trinajstić information content (AvgIpc) is 2.33. The van der Waals surface area contributed by atoms with E-state index in [4.69, 9.17) is 5.73 Å². The Morgan fingerprint density at radius 1 is 1.05 bits per heavy atom. The summed E-state index contributed by atoms with van der Waals surface area (Å²) in [5, 5.41) is 8.45. The van der Waals surface area contributed by atoms with E-state index >= 15 is 0 Å². The van der Waals surface area contributed by atoms with Gasteiger partial charge >= 0.3 is 0 Å². The Hall–Kier alpha value is -1.14. The Bertz CT molecular complexity index is 282. The highest BCUT2D eigenvalue weighted by Gasteiger charge is 2.21. The third kappa shape index (κ3) is 7.79. The standard InChI is InChI=1S/C13H28N4O2/c1-9(2)16-12(18)10(3)17-13(19)11(15-4)7-5-6-8-14/h9-11,15H,5-8,14H2,1-4H3,(H,16,18)(H,17,19). The van der Waals surface area contributed by atoms with E-state index in [1.54, 1.807) is 14.0 Å². The van der Waals surface area contributed by atoms with Gasteiger partial charge in [-0.15, -0.1) is 0 Å². The van der Waals surface area contributed by atoms with Crippen molar-refractivity contribution in [2.45, 2.75) is 58.2 Å². The Morgan fingerprint density at radius 2 is 1.68 bits per heavy atom. The molecule has 5 N–H and O–H groups in total. The maximum Gasteiger partial charge on any atom is 0.242 e. The fourth-order valence-corrected chi connectivity index (χ4v) is 1.69. The molecule has 6 nitrogen and oxygen atoms in total. The van der Waals surface area contributed by atoms with Crippen LogP contribution < -0.4 is 21.7 Å². The van der Waals surface area contributed by atoms with Crippen molar-refractivity contribution in [3.8, 4) is 0 Å². The number of carbonyl (C=O) groups is 2. The molecule has 0 aliphatic rings. The third-order valence-electron chi connectivity index (χ3n) is 2.79. The second-order valence-corrected chi connectivity index (χ2v) is 5.02. The second-order valence-electron chi connectivity index (χ2n) is 5.02. The highest BCUT2D eigenvalue weighted by molar-refractivity contribution is 5.89. The number of hydrogen-bond acceptors (Lipinski definition) is 4. The summed E-state index contributed by atoms with van der Waals surface area (Å²) in [6, 6.07) is -0.738. The summed E-state index contributed by atoms with van der Waals surface area (Å²) in [5.41, 5.74) is 5.43. The summed E-state index contributed by atoms with van der Waals surface area (Å²) in [6.45, 7) is 6.08. The Balaban J connectivity index is 4.20. The van der Waals surface area contributed by atoms with Gasteiger partial charge in [-0.3, -0.25) is 9.59 Å². The number of rotatable bonds is 9. The minimum Gasteiger partial charge on any atom is -0.352 e. The molecule has 0 fully saturated rings. The SMILES string of the molecule is CNC(CCCCN)C(=O)NC(C)C(=O)NC(C)C. The predicted molar refractivity (Wildman–Crippen MR) is 76.6 cm³/mol. The molecular weight excluding hydrogens is 244 g/mol. The number of amides is 2. The monoisotopic (exact) mass is 272 g/mol. The van der Waals surface area contributed by atoms with Crippen molar-refractivity contribution in [2.75, 3.05) is 13.6 Å². The van der Waals surface area contributed by atoms with Crippen molar-refractivity contribution in [3.05, 3.63) is 0 Å². The van der Waals surface area contributed by atoms with Gasteiger partial charge in [0.05, 0.1) is 6.04 Å². The maximum absolute atomic E-state index is 12.0. The highest BCUT2D eigenvalue weighted by atomic mass is 16.2. The largest absolute Gasteiger partial charge is 0.352 e. The first kappa shape index (κ1) is 17.9. The van der Waals surface area contributed by atoms with Gasteiger partial charge in [-0.1, -0.05) is 6.42 Å². The van der Waals surface area contributed by atoms with Gasteiger partial charge in [0.2, 0.25) is 11.8 Å². The van der Waals surface area contributed by atoms with E-state index in [1.807, 2.05) is 13.8 Å². The molecule has 0 saturated carbocycles. The van der Waals surface area contributed by atoms with E-state index in [0.29, 0.717) is 6.54 Å². The molecule has 0 aromatic heterocycles. The van der Waals surface area contributed by atoms with Crippen molar-refractivity contribution in [3.63, 3.8) is 0 Å². The van der Waals surface area contributed by atoms with Crippen LogP contribution in [0.15, 0.2) is 0 Å². The molecule has 0 aliphatic carbocycles. The molecule has 19 heavy (non-hydrogen) atoms. The molecule has 2 amide bonds. The molecule has 0 rings (SSSR count). The van der Waals surface area contributed by atoms with E-state index < -0.39 is 6.04 Å². The summed E-state index contributed by atoms with van der Waals surface area (Å²) in [5.74, 6) is -0.314. The molecular formula is C13H28N4O2. The lowest BCUT2D eigenvalue weighted by Crippen LogP contribution is -2.51. The lowest BCUT2D eigenvalue weighted by molar-refractivity contribution is -0.130. The van der Waals surface area contributed by atoms with Crippen LogP contribution in [0.4, 0.5) is 0 Å². The zero-order valence-corrected chi connectivity index (χ0v) is 12.5. The number of likely N-dealkylation sites (N-methyl/N-ethyl adjacent to an activating group) is 1. The number of unbranched alkanes of at least 4 members (excludes halogenated alkanes) is 1. The van der Waals surface area contributed by atoms with Crippen molar-refractivity contribution in [2.24, 2.45) is 5.73 Å². The predicted octanol–water partition coefficient (Wildman–Crippen LogP) is -0.267. The molecule has 0 heterocycles. The van der Waals surface area contributed by atoms with Gasteiger partial charge in [0.25, 0.3) is 0 Å². The zero-order valence-electron chi connectivity index (χ0n) is 12.5. The van der Waals surface area contributed by atoms with Gasteiger partial charge in [-0.25, -0.2) is 0 Å². The smallest absolute Gasteiger partial charge is 0.242 e. The van der Waals surface area contributed by atoms with Crippen LogP contribution in [-0.2, 0) is 9.59 Å². The molecule has 6 heteroatoms. The van der Waals surface area contributed by atoms with Crippen LogP contribution in [0.1, 0.15) is 40.0 Å². The summed E-state index contributed by atoms with van der Waals surface area (Å²) >= 11 is 0. The van der Waals surface area contributed by atoms with Crippen molar-refractivity contribution in [1.29, 1.82) is 0 Å². The van der Waals surface area contributed by atoms with Gasteiger partial charge in [0.1, 0.15) is 6.04 Å². The quantitative estimate of drug-likeness (QED) is 0.435. The van der Waals surface area contributed by atoms with Crippen LogP contribution in [0.2, 0.25) is 0 Å².